The zero-order chi connectivity index (χ0) is 17.8. The molecule has 0 spiro atoms. The van der Waals surface area contributed by atoms with Gasteiger partial charge in [0, 0.05) is 32.8 Å². The Hall–Kier alpha value is -2.48. The molecule has 3 aromatic rings. The van der Waals surface area contributed by atoms with Gasteiger partial charge in [-0.3, -0.25) is 14.4 Å². The first-order valence-corrected chi connectivity index (χ1v) is 9.58. The van der Waals surface area contributed by atoms with Crippen molar-refractivity contribution in [2.45, 2.75) is 37.5 Å². The Labute approximate surface area is 154 Å². The predicted molar refractivity (Wildman–Crippen MR) is 104 cm³/mol. The molecule has 3 atom stereocenters. The summed E-state index contributed by atoms with van der Waals surface area (Å²) in [7, 11) is 3.98. The number of hydrogen-bond donors (Lipinski definition) is 0. The number of hydrogen-bond acceptors (Lipinski definition) is 7. The van der Waals surface area contributed by atoms with Crippen LogP contribution in [0, 0.1) is 0 Å². The van der Waals surface area contributed by atoms with Gasteiger partial charge in [-0.2, -0.15) is 0 Å². The van der Waals surface area contributed by atoms with Crippen molar-refractivity contribution in [2.75, 3.05) is 19.0 Å². The molecule has 0 N–H and O–H groups in total. The van der Waals surface area contributed by atoms with Crippen LogP contribution in [0.5, 0.6) is 0 Å². The summed E-state index contributed by atoms with van der Waals surface area (Å²) >= 11 is 1.43. The molecule has 2 aliphatic rings. The van der Waals surface area contributed by atoms with Crippen LogP contribution in [0.3, 0.4) is 0 Å². The van der Waals surface area contributed by atoms with Gasteiger partial charge in [0.2, 0.25) is 0 Å². The molecular formula is C18H19N5O2S. The van der Waals surface area contributed by atoms with E-state index in [9.17, 15) is 4.79 Å². The lowest BCUT2D eigenvalue weighted by atomic mass is 9.89. The maximum absolute atomic E-state index is 13.2. The third-order valence-corrected chi connectivity index (χ3v) is 6.45. The summed E-state index contributed by atoms with van der Waals surface area (Å²) in [6.07, 6.45) is 7.78. The lowest BCUT2D eigenvalue weighted by molar-refractivity contribution is 0.126. The fourth-order valence-electron chi connectivity index (χ4n) is 4.04. The normalized spacial score (nSPS) is 24.8. The van der Waals surface area contributed by atoms with E-state index in [4.69, 9.17) is 4.74 Å². The lowest BCUT2D eigenvalue weighted by Crippen LogP contribution is -2.35. The van der Waals surface area contributed by atoms with Crippen LogP contribution >= 0.6 is 11.3 Å². The van der Waals surface area contributed by atoms with Crippen molar-refractivity contribution in [2.24, 2.45) is 4.99 Å². The summed E-state index contributed by atoms with van der Waals surface area (Å²) < 4.78 is 8.04. The van der Waals surface area contributed by atoms with Crippen LogP contribution in [0.1, 0.15) is 25.3 Å². The second-order valence-corrected chi connectivity index (χ2v) is 8.10. The Morgan fingerprint density at radius 1 is 1.31 bits per heavy atom. The molecule has 0 bridgehead atoms. The molecule has 0 amide bonds. The number of ether oxygens (including phenoxy) is 1. The Bertz CT molecular complexity index is 1090. The van der Waals surface area contributed by atoms with Crippen molar-refractivity contribution >= 4 is 43.9 Å². The second kappa shape index (κ2) is 5.77. The maximum Gasteiger partial charge on any atom is 0.271 e. The minimum Gasteiger partial charge on any atom is -0.478 e. The average Bonchev–Trinajstić information content (AvgIpc) is 3.25. The highest BCUT2D eigenvalue weighted by Gasteiger charge is 2.35. The lowest BCUT2D eigenvalue weighted by Gasteiger charge is -2.30. The Kier molecular flexibility index (Phi) is 3.49. The number of pyridine rings is 1. The zero-order valence-corrected chi connectivity index (χ0v) is 15.4. The van der Waals surface area contributed by atoms with E-state index in [1.165, 1.54) is 11.3 Å². The number of nitrogens with zero attached hydrogens (tertiary/aromatic N) is 5. The quantitative estimate of drug-likeness (QED) is 0.694. The molecule has 0 radical (unpaired) electrons. The van der Waals surface area contributed by atoms with Gasteiger partial charge in [-0.05, 0) is 18.9 Å². The van der Waals surface area contributed by atoms with Crippen LogP contribution in [0.4, 0.5) is 5.69 Å². The predicted octanol–water partition coefficient (Wildman–Crippen LogP) is 2.59. The molecule has 1 aliphatic carbocycles. The van der Waals surface area contributed by atoms with Gasteiger partial charge in [-0.15, -0.1) is 11.3 Å². The van der Waals surface area contributed by atoms with Crippen molar-refractivity contribution in [3.05, 3.63) is 28.9 Å². The van der Waals surface area contributed by atoms with Gasteiger partial charge in [0.1, 0.15) is 15.6 Å². The van der Waals surface area contributed by atoms with E-state index >= 15 is 0 Å². The van der Waals surface area contributed by atoms with E-state index in [0.29, 0.717) is 4.70 Å². The second-order valence-electron chi connectivity index (χ2n) is 7.10. The number of thiophene rings is 1. The average molecular weight is 369 g/mol. The Morgan fingerprint density at radius 3 is 3.04 bits per heavy atom. The molecule has 26 heavy (non-hydrogen) atoms. The van der Waals surface area contributed by atoms with E-state index in [1.807, 2.05) is 25.1 Å². The largest absolute Gasteiger partial charge is 0.478 e. The molecule has 7 nitrogen and oxygen atoms in total. The third kappa shape index (κ3) is 2.25. The molecular weight excluding hydrogens is 350 g/mol. The highest BCUT2D eigenvalue weighted by atomic mass is 32.1. The summed E-state index contributed by atoms with van der Waals surface area (Å²) in [6.45, 7) is 0. The Morgan fingerprint density at radius 2 is 2.19 bits per heavy atom. The van der Waals surface area contributed by atoms with E-state index in [1.54, 1.807) is 23.5 Å². The fourth-order valence-corrected chi connectivity index (χ4v) is 5.09. The molecule has 134 valence electrons. The highest BCUT2D eigenvalue weighted by molar-refractivity contribution is 7.25. The summed E-state index contributed by atoms with van der Waals surface area (Å²) in [5.74, 6) is 0. The maximum atomic E-state index is 13.2. The topological polar surface area (TPSA) is 72.6 Å². The van der Waals surface area contributed by atoms with Crippen molar-refractivity contribution in [1.82, 2.24) is 14.5 Å². The fraction of sp³-hybridized carbons (Fsp3) is 0.444. The SMILES string of the molecule is CN(C)c1ccnc2sc3c(=O)n([C@H]4CCC5N=COC5C4)cnc3c12. The van der Waals surface area contributed by atoms with Gasteiger partial charge in [0.15, 0.2) is 6.40 Å². The van der Waals surface area contributed by atoms with Crippen molar-refractivity contribution in [1.29, 1.82) is 0 Å². The van der Waals surface area contributed by atoms with E-state index in [0.717, 1.165) is 40.7 Å². The van der Waals surface area contributed by atoms with Gasteiger partial charge in [0.05, 0.1) is 29.0 Å². The first-order valence-electron chi connectivity index (χ1n) is 8.76. The summed E-state index contributed by atoms with van der Waals surface area (Å²) in [4.78, 5) is 29.5. The summed E-state index contributed by atoms with van der Waals surface area (Å²) in [5.41, 5.74) is 1.80. The van der Waals surface area contributed by atoms with Crippen LogP contribution in [0.25, 0.3) is 20.4 Å². The minimum atomic E-state index is 0.0186. The third-order valence-electron chi connectivity index (χ3n) is 5.38. The molecule has 3 aromatic heterocycles. The molecule has 4 heterocycles. The van der Waals surface area contributed by atoms with Gasteiger partial charge < -0.3 is 9.64 Å². The summed E-state index contributed by atoms with van der Waals surface area (Å²) in [5, 5.41) is 0.956. The van der Waals surface area contributed by atoms with E-state index in [-0.39, 0.29) is 23.7 Å². The molecule has 1 aliphatic heterocycles. The van der Waals surface area contributed by atoms with Crippen molar-refractivity contribution in [3.8, 4) is 0 Å². The van der Waals surface area contributed by atoms with Crippen LogP contribution in [-0.4, -0.2) is 47.2 Å². The molecule has 1 fully saturated rings. The molecule has 2 unspecified atom stereocenters. The standard InChI is InChI=1S/C18H19N5O2S/c1-22(2)12-5-6-19-17-14(12)15-16(26-17)18(24)23(8-20-15)10-3-4-11-13(7-10)25-9-21-11/h5-6,8-11,13H,3-4,7H2,1-2H3/t10-,11?,13?/m0/s1. The van der Waals surface area contributed by atoms with Gasteiger partial charge in [0.25, 0.3) is 5.56 Å². The summed E-state index contributed by atoms with van der Waals surface area (Å²) in [6, 6.07) is 2.31. The number of aliphatic imine (C=N–C) groups is 1. The number of anilines is 1. The van der Waals surface area contributed by atoms with E-state index in [2.05, 4.69) is 15.0 Å². The number of rotatable bonds is 2. The van der Waals surface area contributed by atoms with Crippen LogP contribution in [0.2, 0.25) is 0 Å². The van der Waals surface area contributed by atoms with Crippen LogP contribution in [0.15, 0.2) is 28.4 Å². The van der Waals surface area contributed by atoms with E-state index < -0.39 is 0 Å². The number of fused-ring (bicyclic) bond motifs is 4. The van der Waals surface area contributed by atoms with Crippen molar-refractivity contribution < 1.29 is 4.74 Å². The monoisotopic (exact) mass is 369 g/mol. The highest BCUT2D eigenvalue weighted by Crippen LogP contribution is 2.37. The number of aromatic nitrogens is 3. The van der Waals surface area contributed by atoms with Crippen molar-refractivity contribution in [3.63, 3.8) is 0 Å². The van der Waals surface area contributed by atoms with Gasteiger partial charge in [-0.25, -0.2) is 9.97 Å². The van der Waals surface area contributed by atoms with Gasteiger partial charge >= 0.3 is 0 Å². The molecule has 1 saturated carbocycles. The minimum absolute atomic E-state index is 0.0186. The Balaban J connectivity index is 1.63. The molecule has 5 rings (SSSR count). The van der Waals surface area contributed by atoms with Gasteiger partial charge in [-0.1, -0.05) is 0 Å². The first-order chi connectivity index (χ1) is 12.6. The molecule has 0 saturated heterocycles. The van der Waals surface area contributed by atoms with Crippen LogP contribution < -0.4 is 10.5 Å². The molecule has 0 aromatic carbocycles. The zero-order valence-electron chi connectivity index (χ0n) is 14.6. The molecule has 8 heteroatoms. The van der Waals surface area contributed by atoms with Crippen LogP contribution in [-0.2, 0) is 4.74 Å². The first kappa shape index (κ1) is 15.7. The smallest absolute Gasteiger partial charge is 0.271 e.